The van der Waals surface area contributed by atoms with Crippen molar-refractivity contribution < 1.29 is 14.6 Å². The van der Waals surface area contributed by atoms with Gasteiger partial charge in [-0.15, -0.1) is 0 Å². The summed E-state index contributed by atoms with van der Waals surface area (Å²) in [7, 11) is 1.59. The Bertz CT molecular complexity index is 1870. The third-order valence-corrected chi connectivity index (χ3v) is 9.33. The van der Waals surface area contributed by atoms with Crippen LogP contribution in [-0.4, -0.2) is 40.7 Å². The Kier molecular flexibility index (Phi) is 8.21. The van der Waals surface area contributed by atoms with Crippen LogP contribution in [0.4, 0.5) is 0 Å². The number of ether oxygens (including phenoxy) is 1. The van der Waals surface area contributed by atoms with Crippen LogP contribution in [0.2, 0.25) is 0 Å². The lowest BCUT2D eigenvalue weighted by molar-refractivity contribution is -0.127. The van der Waals surface area contributed by atoms with E-state index in [0.717, 1.165) is 20.8 Å². The predicted molar refractivity (Wildman–Crippen MR) is 171 cm³/mol. The smallest absolute Gasteiger partial charge is 0.271 e. The first-order valence-corrected chi connectivity index (χ1v) is 15.4. The highest BCUT2D eigenvalue weighted by molar-refractivity contribution is 14.1. The quantitative estimate of drug-likeness (QED) is 0.272. The molecule has 1 aliphatic heterocycles. The standard InChI is InChI=1S/C30H27BrIN3O4S/c1-5-34(6-2)29(38)24-16(3)33-30-35(26(24)25-20-10-8-7-9-17(20)11-12-22(25)39-4)28(37)23(40-30)14-18-13-19(31)15-21(32)27(18)36/h7-15,26,36H,5-6H2,1-4H3/b23-14+/t26-/m1/s1. The third kappa shape index (κ3) is 4.90. The van der Waals surface area contributed by atoms with Crippen molar-refractivity contribution in [2.75, 3.05) is 20.2 Å². The van der Waals surface area contributed by atoms with Crippen molar-refractivity contribution in [2.45, 2.75) is 26.8 Å². The Labute approximate surface area is 257 Å². The number of halogens is 2. The second-order valence-electron chi connectivity index (χ2n) is 9.29. The minimum absolute atomic E-state index is 0.0930. The molecule has 7 nitrogen and oxygen atoms in total. The van der Waals surface area contributed by atoms with Gasteiger partial charge in [-0.2, -0.15) is 0 Å². The molecule has 10 heteroatoms. The molecule has 1 aromatic heterocycles. The number of phenolic OH excluding ortho intramolecular Hbond substituents is 1. The summed E-state index contributed by atoms with van der Waals surface area (Å²) < 4.78 is 9.29. The molecule has 206 valence electrons. The zero-order chi connectivity index (χ0) is 28.7. The lowest BCUT2D eigenvalue weighted by Gasteiger charge is -2.30. The molecule has 1 aliphatic rings. The summed E-state index contributed by atoms with van der Waals surface area (Å²) in [6, 6.07) is 14.5. The van der Waals surface area contributed by atoms with Gasteiger partial charge in [-0.3, -0.25) is 14.2 Å². The van der Waals surface area contributed by atoms with E-state index in [4.69, 9.17) is 9.73 Å². The van der Waals surface area contributed by atoms with Crippen molar-refractivity contribution in [3.63, 3.8) is 0 Å². The Morgan fingerprint density at radius 1 is 1.23 bits per heavy atom. The Balaban J connectivity index is 1.87. The van der Waals surface area contributed by atoms with Crippen LogP contribution in [0.5, 0.6) is 11.5 Å². The normalized spacial score (nSPS) is 15.2. The molecule has 4 aromatic rings. The first kappa shape index (κ1) is 28.6. The fourth-order valence-electron chi connectivity index (χ4n) is 5.12. The van der Waals surface area contributed by atoms with E-state index in [9.17, 15) is 14.7 Å². The van der Waals surface area contributed by atoms with E-state index in [0.29, 0.717) is 48.6 Å². The van der Waals surface area contributed by atoms with Gasteiger partial charge in [-0.1, -0.05) is 57.6 Å². The SMILES string of the molecule is CCN(CC)C(=O)C1=C(C)N=c2s/c(=C/c3cc(Br)cc(I)c3O)c(=O)n2[C@H]1c1c(OC)ccc2ccccc12. The largest absolute Gasteiger partial charge is 0.506 e. The lowest BCUT2D eigenvalue weighted by atomic mass is 9.90. The van der Waals surface area contributed by atoms with E-state index in [-0.39, 0.29) is 17.2 Å². The van der Waals surface area contributed by atoms with E-state index < -0.39 is 6.04 Å². The number of amides is 1. The van der Waals surface area contributed by atoms with Crippen LogP contribution >= 0.6 is 49.9 Å². The van der Waals surface area contributed by atoms with Crippen LogP contribution in [0, 0.1) is 3.57 Å². The van der Waals surface area contributed by atoms with E-state index >= 15 is 0 Å². The molecule has 2 heterocycles. The number of hydrogen-bond donors (Lipinski definition) is 1. The zero-order valence-corrected chi connectivity index (χ0v) is 26.9. The van der Waals surface area contributed by atoms with E-state index in [1.807, 2.05) is 57.2 Å². The van der Waals surface area contributed by atoms with Crippen molar-refractivity contribution in [3.8, 4) is 11.5 Å². The minimum Gasteiger partial charge on any atom is -0.506 e. The maximum atomic E-state index is 14.2. The second-order valence-corrected chi connectivity index (χ2v) is 12.4. The Morgan fingerprint density at radius 3 is 2.65 bits per heavy atom. The van der Waals surface area contributed by atoms with Gasteiger partial charge in [0.25, 0.3) is 11.5 Å². The van der Waals surface area contributed by atoms with Crippen molar-refractivity contribution in [2.24, 2.45) is 4.99 Å². The van der Waals surface area contributed by atoms with Crippen LogP contribution in [0.15, 0.2) is 74.1 Å². The number of carbonyl (C=O) groups excluding carboxylic acids is 1. The molecule has 1 atom stereocenters. The van der Waals surface area contributed by atoms with E-state index in [1.165, 1.54) is 11.3 Å². The number of likely N-dealkylation sites (N-methyl/N-ethyl adjacent to an activating group) is 1. The minimum atomic E-state index is -0.760. The molecule has 1 amide bonds. The Hall–Kier alpha value is -2.96. The second kappa shape index (κ2) is 11.5. The Morgan fingerprint density at radius 2 is 1.95 bits per heavy atom. The molecule has 1 N–H and O–H groups in total. The van der Waals surface area contributed by atoms with Gasteiger partial charge in [-0.05, 0) is 78.4 Å². The fraction of sp³-hybridized carbons (Fsp3) is 0.233. The zero-order valence-electron chi connectivity index (χ0n) is 22.4. The molecule has 0 unspecified atom stereocenters. The maximum Gasteiger partial charge on any atom is 0.271 e. The topological polar surface area (TPSA) is 84.1 Å². The average molecular weight is 732 g/mol. The highest BCUT2D eigenvalue weighted by Crippen LogP contribution is 2.40. The predicted octanol–water partition coefficient (Wildman–Crippen LogP) is 5.34. The number of carbonyl (C=O) groups is 1. The summed E-state index contributed by atoms with van der Waals surface area (Å²) in [6.45, 7) is 6.74. The van der Waals surface area contributed by atoms with Crippen LogP contribution in [-0.2, 0) is 4.79 Å². The van der Waals surface area contributed by atoms with Gasteiger partial charge in [0.05, 0.1) is 26.5 Å². The summed E-state index contributed by atoms with van der Waals surface area (Å²) >= 11 is 6.76. The highest BCUT2D eigenvalue weighted by atomic mass is 127. The van der Waals surface area contributed by atoms with Crippen molar-refractivity contribution in [1.29, 1.82) is 0 Å². The van der Waals surface area contributed by atoms with Gasteiger partial charge >= 0.3 is 0 Å². The summed E-state index contributed by atoms with van der Waals surface area (Å²) in [5.74, 6) is 0.507. The van der Waals surface area contributed by atoms with Crippen molar-refractivity contribution in [3.05, 3.63) is 98.7 Å². The molecule has 0 radical (unpaired) electrons. The van der Waals surface area contributed by atoms with Crippen molar-refractivity contribution >= 4 is 72.6 Å². The first-order valence-electron chi connectivity index (χ1n) is 12.8. The summed E-state index contributed by atoms with van der Waals surface area (Å²) in [4.78, 5) is 35.2. The van der Waals surface area contributed by atoms with Crippen LogP contribution in [0.3, 0.4) is 0 Å². The van der Waals surface area contributed by atoms with Crippen LogP contribution < -0.4 is 19.6 Å². The monoisotopic (exact) mass is 731 g/mol. The molecule has 0 saturated carbocycles. The molecule has 0 saturated heterocycles. The average Bonchev–Trinajstić information content (AvgIpc) is 3.24. The summed E-state index contributed by atoms with van der Waals surface area (Å²) in [6.07, 6.45) is 1.68. The number of hydrogen-bond acceptors (Lipinski definition) is 6. The molecule has 3 aromatic carbocycles. The molecular formula is C30H27BrIN3O4S. The molecule has 40 heavy (non-hydrogen) atoms. The maximum absolute atomic E-state index is 14.2. The third-order valence-electron chi connectivity index (χ3n) is 7.07. The summed E-state index contributed by atoms with van der Waals surface area (Å²) in [5.41, 5.74) is 1.95. The number of fused-ring (bicyclic) bond motifs is 2. The number of rotatable bonds is 6. The number of thiazole rings is 1. The number of aromatic nitrogens is 1. The number of aromatic hydroxyl groups is 1. The van der Waals surface area contributed by atoms with E-state index in [1.54, 1.807) is 34.8 Å². The van der Waals surface area contributed by atoms with Crippen LogP contribution in [0.1, 0.15) is 37.9 Å². The highest BCUT2D eigenvalue weighted by Gasteiger charge is 2.36. The van der Waals surface area contributed by atoms with Gasteiger partial charge in [-0.25, -0.2) is 4.99 Å². The molecule has 0 spiro atoms. The summed E-state index contributed by atoms with van der Waals surface area (Å²) in [5, 5.41) is 12.6. The molecule has 0 bridgehead atoms. The first-order chi connectivity index (χ1) is 19.2. The number of phenols is 1. The fourth-order valence-corrected chi connectivity index (χ4v) is 7.71. The number of allylic oxidation sites excluding steroid dienone is 1. The lowest BCUT2D eigenvalue weighted by Crippen LogP contribution is -2.43. The van der Waals surface area contributed by atoms with E-state index in [2.05, 4.69) is 38.5 Å². The molecule has 0 fully saturated rings. The van der Waals surface area contributed by atoms with Gasteiger partial charge in [0.1, 0.15) is 17.5 Å². The molecule has 0 aliphatic carbocycles. The molecular weight excluding hydrogens is 705 g/mol. The van der Waals surface area contributed by atoms with Gasteiger partial charge in [0.2, 0.25) is 0 Å². The van der Waals surface area contributed by atoms with Crippen LogP contribution in [0.25, 0.3) is 16.8 Å². The van der Waals surface area contributed by atoms with Gasteiger partial charge in [0, 0.05) is 28.7 Å². The van der Waals surface area contributed by atoms with Crippen molar-refractivity contribution in [1.82, 2.24) is 9.47 Å². The molecule has 5 rings (SSSR count). The number of nitrogens with zero attached hydrogens (tertiary/aromatic N) is 3. The number of methoxy groups -OCH3 is 1. The number of benzene rings is 3. The van der Waals surface area contributed by atoms with Gasteiger partial charge < -0.3 is 14.7 Å². The van der Waals surface area contributed by atoms with Gasteiger partial charge in [0.15, 0.2) is 4.80 Å².